The molecule has 5 nitrogen and oxygen atoms in total. The minimum atomic E-state index is -0.350. The van der Waals surface area contributed by atoms with E-state index in [0.717, 1.165) is 29.7 Å². The molecule has 0 radical (unpaired) electrons. The van der Waals surface area contributed by atoms with Crippen LogP contribution in [0.25, 0.3) is 0 Å². The molecule has 0 aliphatic heterocycles. The molecule has 0 fully saturated rings. The van der Waals surface area contributed by atoms with E-state index in [-0.39, 0.29) is 20.0 Å². The van der Waals surface area contributed by atoms with Crippen molar-refractivity contribution in [1.82, 2.24) is 0 Å². The SMILES string of the molecule is C.CC[N+](C)(CC)CCOC(=O)c1ccc(N)cc1CCO. The quantitative estimate of drug-likeness (QED) is 0.438. The molecule has 1 aromatic carbocycles. The van der Waals surface area contributed by atoms with Crippen molar-refractivity contribution >= 4 is 11.7 Å². The zero-order valence-corrected chi connectivity index (χ0v) is 13.3. The van der Waals surface area contributed by atoms with E-state index < -0.39 is 0 Å². The van der Waals surface area contributed by atoms with Crippen molar-refractivity contribution in [3.8, 4) is 0 Å². The molecule has 0 aromatic heterocycles. The standard InChI is InChI=1S/C16H26N2O3.CH4/c1-4-18(3,5-2)9-11-21-16(20)15-7-6-14(17)12-13(15)8-10-19;/h6-7,12,19H,4-5,8-11H2,1-3H3,(H-,17,20);1H4/p+1. The number of quaternary nitrogens is 1. The number of carbonyl (C=O) groups excluding carboxylic acids is 1. The molecular weight excluding hydrogens is 280 g/mol. The molecule has 0 amide bonds. The lowest BCUT2D eigenvalue weighted by molar-refractivity contribution is -0.906. The molecule has 1 aromatic rings. The number of aliphatic hydroxyl groups is 1. The number of nitrogens with zero attached hydrogens (tertiary/aromatic N) is 1. The zero-order valence-electron chi connectivity index (χ0n) is 13.3. The first-order valence-electron chi connectivity index (χ1n) is 7.45. The molecule has 3 N–H and O–H groups in total. The maximum absolute atomic E-state index is 12.2. The highest BCUT2D eigenvalue weighted by molar-refractivity contribution is 5.91. The number of aliphatic hydroxyl groups excluding tert-OH is 1. The van der Waals surface area contributed by atoms with Gasteiger partial charge in [0.05, 0.1) is 25.7 Å². The van der Waals surface area contributed by atoms with E-state index >= 15 is 0 Å². The molecule has 0 heterocycles. The van der Waals surface area contributed by atoms with Gasteiger partial charge in [-0.1, -0.05) is 7.43 Å². The largest absolute Gasteiger partial charge is 0.456 e. The zero-order chi connectivity index (χ0) is 15.9. The normalized spacial score (nSPS) is 10.9. The fourth-order valence-electron chi connectivity index (χ4n) is 2.12. The van der Waals surface area contributed by atoms with E-state index in [1.54, 1.807) is 18.2 Å². The molecule has 1 rings (SSSR count). The van der Waals surface area contributed by atoms with Crippen LogP contribution in [0.1, 0.15) is 37.2 Å². The Morgan fingerprint density at radius 2 is 1.95 bits per heavy atom. The Morgan fingerprint density at radius 1 is 1.32 bits per heavy atom. The third-order valence-corrected chi connectivity index (χ3v) is 4.12. The summed E-state index contributed by atoms with van der Waals surface area (Å²) >= 11 is 0. The summed E-state index contributed by atoms with van der Waals surface area (Å²) in [5.41, 5.74) is 7.51. The topological polar surface area (TPSA) is 72.5 Å². The smallest absolute Gasteiger partial charge is 0.338 e. The van der Waals surface area contributed by atoms with Gasteiger partial charge in [0.25, 0.3) is 0 Å². The first kappa shape index (κ1) is 20.4. The summed E-state index contributed by atoms with van der Waals surface area (Å²) in [6, 6.07) is 5.05. The number of carbonyl (C=O) groups is 1. The average Bonchev–Trinajstić information content (AvgIpc) is 2.47. The molecule has 0 atom stereocenters. The van der Waals surface area contributed by atoms with Crippen molar-refractivity contribution in [2.45, 2.75) is 27.7 Å². The molecule has 5 heteroatoms. The minimum Gasteiger partial charge on any atom is -0.456 e. The molecule has 0 unspecified atom stereocenters. The van der Waals surface area contributed by atoms with Gasteiger partial charge in [-0.25, -0.2) is 4.79 Å². The van der Waals surface area contributed by atoms with Gasteiger partial charge in [0.15, 0.2) is 0 Å². The maximum atomic E-state index is 12.2. The highest BCUT2D eigenvalue weighted by Crippen LogP contribution is 2.15. The van der Waals surface area contributed by atoms with Crippen LogP contribution in [0, 0.1) is 0 Å². The molecule has 0 aliphatic rings. The van der Waals surface area contributed by atoms with E-state index in [1.165, 1.54) is 0 Å². The van der Waals surface area contributed by atoms with Crippen molar-refractivity contribution in [3.05, 3.63) is 29.3 Å². The van der Waals surface area contributed by atoms with Crippen LogP contribution in [0.15, 0.2) is 18.2 Å². The third kappa shape index (κ3) is 5.66. The summed E-state index contributed by atoms with van der Waals surface area (Å²) in [7, 11) is 2.15. The highest BCUT2D eigenvalue weighted by Gasteiger charge is 2.18. The number of hydrogen-bond acceptors (Lipinski definition) is 4. The number of anilines is 1. The molecule has 0 saturated heterocycles. The Balaban J connectivity index is 0.00000441. The Hall–Kier alpha value is -1.59. The van der Waals surface area contributed by atoms with Gasteiger partial charge >= 0.3 is 5.97 Å². The van der Waals surface area contributed by atoms with Crippen LogP contribution in [-0.2, 0) is 11.2 Å². The highest BCUT2D eigenvalue weighted by atomic mass is 16.5. The van der Waals surface area contributed by atoms with Crippen molar-refractivity contribution < 1.29 is 19.1 Å². The van der Waals surface area contributed by atoms with Gasteiger partial charge in [0, 0.05) is 12.3 Å². The average molecular weight is 311 g/mol. The predicted octanol–water partition coefficient (Wildman–Crippen LogP) is 2.08. The van der Waals surface area contributed by atoms with Crippen LogP contribution in [-0.4, -0.2) is 55.5 Å². The second kappa shape index (κ2) is 9.43. The summed E-state index contributed by atoms with van der Waals surface area (Å²) in [5.74, 6) is -0.350. The van der Waals surface area contributed by atoms with Crippen LogP contribution in [0.4, 0.5) is 5.69 Å². The summed E-state index contributed by atoms with van der Waals surface area (Å²) in [6.07, 6.45) is 0.396. The van der Waals surface area contributed by atoms with Gasteiger partial charge in [-0.15, -0.1) is 0 Å². The molecule has 0 spiro atoms. The van der Waals surface area contributed by atoms with Gasteiger partial charge in [-0.3, -0.25) is 0 Å². The molecule has 126 valence electrons. The Kier molecular flexibility index (Phi) is 8.75. The number of esters is 1. The van der Waals surface area contributed by atoms with Crippen LogP contribution in [0.3, 0.4) is 0 Å². The Bertz CT molecular complexity index is 471. The number of rotatable bonds is 8. The van der Waals surface area contributed by atoms with Crippen molar-refractivity contribution in [2.24, 2.45) is 0 Å². The van der Waals surface area contributed by atoms with Crippen LogP contribution >= 0.6 is 0 Å². The van der Waals surface area contributed by atoms with E-state index in [4.69, 9.17) is 15.6 Å². The molecular formula is C17H31N2O3+. The lowest BCUT2D eigenvalue weighted by Gasteiger charge is -2.31. The van der Waals surface area contributed by atoms with Gasteiger partial charge in [0.1, 0.15) is 13.2 Å². The first-order valence-corrected chi connectivity index (χ1v) is 7.45. The molecule has 22 heavy (non-hydrogen) atoms. The first-order chi connectivity index (χ1) is 9.95. The molecule has 0 aliphatic carbocycles. The maximum Gasteiger partial charge on any atom is 0.338 e. The summed E-state index contributed by atoms with van der Waals surface area (Å²) in [5, 5.41) is 9.07. The second-order valence-corrected chi connectivity index (χ2v) is 5.50. The second-order valence-electron chi connectivity index (χ2n) is 5.50. The van der Waals surface area contributed by atoms with Gasteiger partial charge < -0.3 is 20.1 Å². The van der Waals surface area contributed by atoms with E-state index in [1.807, 2.05) is 0 Å². The summed E-state index contributed by atoms with van der Waals surface area (Å²) in [6.45, 7) is 7.43. The number of likely N-dealkylation sites (N-methyl/N-ethyl adjacent to an activating group) is 1. The van der Waals surface area contributed by atoms with E-state index in [9.17, 15) is 4.79 Å². The van der Waals surface area contributed by atoms with Gasteiger partial charge in [0.2, 0.25) is 0 Å². The number of benzene rings is 1. The number of ether oxygens (including phenoxy) is 1. The van der Waals surface area contributed by atoms with Crippen molar-refractivity contribution in [3.63, 3.8) is 0 Å². The van der Waals surface area contributed by atoms with Crippen LogP contribution in [0.5, 0.6) is 0 Å². The predicted molar refractivity (Wildman–Crippen MR) is 90.8 cm³/mol. The summed E-state index contributed by atoms with van der Waals surface area (Å²) in [4.78, 5) is 12.2. The van der Waals surface area contributed by atoms with E-state index in [0.29, 0.717) is 24.3 Å². The molecule has 0 bridgehead atoms. The number of nitrogens with two attached hydrogens (primary N) is 1. The monoisotopic (exact) mass is 311 g/mol. The Labute approximate surface area is 134 Å². The van der Waals surface area contributed by atoms with Crippen LogP contribution < -0.4 is 5.73 Å². The summed E-state index contributed by atoms with van der Waals surface area (Å²) < 4.78 is 6.25. The van der Waals surface area contributed by atoms with Crippen molar-refractivity contribution in [1.29, 1.82) is 0 Å². The van der Waals surface area contributed by atoms with Crippen molar-refractivity contribution in [2.75, 3.05) is 45.6 Å². The Morgan fingerprint density at radius 3 is 2.50 bits per heavy atom. The van der Waals surface area contributed by atoms with Gasteiger partial charge in [-0.2, -0.15) is 0 Å². The van der Waals surface area contributed by atoms with Crippen LogP contribution in [0.2, 0.25) is 0 Å². The molecule has 0 saturated carbocycles. The lowest BCUT2D eigenvalue weighted by Crippen LogP contribution is -2.46. The minimum absolute atomic E-state index is 0. The third-order valence-electron chi connectivity index (χ3n) is 4.12. The number of hydrogen-bond donors (Lipinski definition) is 2. The number of nitrogen functional groups attached to an aromatic ring is 1. The van der Waals surface area contributed by atoms with E-state index in [2.05, 4.69) is 20.9 Å². The fraction of sp³-hybridized carbons (Fsp3) is 0.588. The lowest BCUT2D eigenvalue weighted by atomic mass is 10.0. The fourth-order valence-corrected chi connectivity index (χ4v) is 2.12. The van der Waals surface area contributed by atoms with Gasteiger partial charge in [-0.05, 0) is 44.0 Å².